The fraction of sp³-hybridized carbons (Fsp3) is 0. The van der Waals surface area contributed by atoms with E-state index in [1.807, 2.05) is 34.0 Å². The number of anilines is 3. The van der Waals surface area contributed by atoms with Gasteiger partial charge in [-0.15, -0.1) is 34.0 Å². The van der Waals surface area contributed by atoms with Crippen LogP contribution in [0.4, 0.5) is 17.1 Å². The maximum atomic E-state index is 2.53. The Morgan fingerprint density at radius 3 is 1.41 bits per heavy atom. The molecule has 44 heavy (non-hydrogen) atoms. The van der Waals surface area contributed by atoms with Crippen molar-refractivity contribution in [3.8, 4) is 0 Å². The van der Waals surface area contributed by atoms with Crippen LogP contribution in [0.2, 0.25) is 0 Å². The minimum absolute atomic E-state index is 1.18. The first-order valence-electron chi connectivity index (χ1n) is 14.8. The summed E-state index contributed by atoms with van der Waals surface area (Å²) in [5.74, 6) is 0. The van der Waals surface area contributed by atoms with Crippen LogP contribution in [0.15, 0.2) is 140 Å². The van der Waals surface area contributed by atoms with E-state index >= 15 is 0 Å². The van der Waals surface area contributed by atoms with Crippen molar-refractivity contribution in [1.29, 1.82) is 0 Å². The van der Waals surface area contributed by atoms with Crippen LogP contribution in [0.25, 0.3) is 71.3 Å². The highest BCUT2D eigenvalue weighted by Crippen LogP contribution is 2.50. The molecule has 0 N–H and O–H groups in total. The second-order valence-electron chi connectivity index (χ2n) is 11.3. The second kappa shape index (κ2) is 9.38. The Kier molecular flexibility index (Phi) is 5.26. The third-order valence-corrected chi connectivity index (χ3v) is 12.2. The molecule has 0 fully saturated rings. The van der Waals surface area contributed by atoms with Gasteiger partial charge in [0, 0.05) is 77.3 Å². The lowest BCUT2D eigenvalue weighted by molar-refractivity contribution is 1.33. The summed E-state index contributed by atoms with van der Waals surface area (Å²) in [5, 5.41) is 10.4. The third-order valence-electron chi connectivity index (χ3n) is 8.83. The molecule has 206 valence electrons. The molecule has 0 atom stereocenters. The molecule has 0 aliphatic rings. The van der Waals surface area contributed by atoms with E-state index in [1.165, 1.54) is 88.4 Å². The van der Waals surface area contributed by atoms with E-state index in [0.717, 1.165) is 0 Å². The molecule has 3 heterocycles. The number of thiophene rings is 3. The van der Waals surface area contributed by atoms with Crippen molar-refractivity contribution in [2.45, 2.75) is 0 Å². The van der Waals surface area contributed by atoms with Crippen molar-refractivity contribution in [2.24, 2.45) is 0 Å². The fourth-order valence-electron chi connectivity index (χ4n) is 6.87. The van der Waals surface area contributed by atoms with E-state index < -0.39 is 0 Å². The second-order valence-corrected chi connectivity index (χ2v) is 14.6. The van der Waals surface area contributed by atoms with Crippen LogP contribution in [-0.4, -0.2) is 0 Å². The summed E-state index contributed by atoms with van der Waals surface area (Å²) < 4.78 is 7.91. The van der Waals surface area contributed by atoms with Gasteiger partial charge in [-0.25, -0.2) is 0 Å². The molecule has 10 rings (SSSR count). The predicted octanol–water partition coefficient (Wildman–Crippen LogP) is 13.4. The molecule has 0 amide bonds. The smallest absolute Gasteiger partial charge is 0.0633 e. The first kappa shape index (κ1) is 24.7. The normalized spacial score (nSPS) is 12.1. The Labute approximate surface area is 265 Å². The molecule has 4 heteroatoms. The molecule has 0 saturated heterocycles. The van der Waals surface area contributed by atoms with E-state index in [9.17, 15) is 0 Å². The number of fused-ring (bicyclic) bond motifs is 10. The number of hydrogen-bond donors (Lipinski definition) is 0. The fourth-order valence-corrected chi connectivity index (χ4v) is 10.3. The van der Waals surface area contributed by atoms with Crippen molar-refractivity contribution >= 4 is 122 Å². The van der Waals surface area contributed by atoms with Crippen LogP contribution >= 0.6 is 34.0 Å². The Morgan fingerprint density at radius 1 is 0.341 bits per heavy atom. The number of nitrogens with zero attached hydrogens (tertiary/aromatic N) is 1. The van der Waals surface area contributed by atoms with Crippen LogP contribution in [-0.2, 0) is 0 Å². The van der Waals surface area contributed by atoms with Crippen LogP contribution in [0.3, 0.4) is 0 Å². The van der Waals surface area contributed by atoms with E-state index in [1.54, 1.807) is 0 Å². The van der Waals surface area contributed by atoms with Gasteiger partial charge < -0.3 is 4.90 Å². The lowest BCUT2D eigenvalue weighted by Crippen LogP contribution is -2.11. The van der Waals surface area contributed by atoms with Gasteiger partial charge in [-0.2, -0.15) is 0 Å². The summed E-state index contributed by atoms with van der Waals surface area (Å²) in [5.41, 5.74) is 3.60. The molecular formula is C40H23NS3. The molecule has 3 aromatic heterocycles. The summed E-state index contributed by atoms with van der Waals surface area (Å²) in [7, 11) is 0. The molecule has 0 radical (unpaired) electrons. The molecule has 0 aliphatic heterocycles. The first-order chi connectivity index (χ1) is 21.8. The van der Waals surface area contributed by atoms with Gasteiger partial charge in [-0.1, -0.05) is 91.0 Å². The summed E-state index contributed by atoms with van der Waals surface area (Å²) in [6, 6.07) is 51.7. The van der Waals surface area contributed by atoms with Gasteiger partial charge in [0.1, 0.15) is 0 Å². The average Bonchev–Trinajstić information content (AvgIpc) is 3.75. The van der Waals surface area contributed by atoms with Gasteiger partial charge in [-0.05, 0) is 53.9 Å². The van der Waals surface area contributed by atoms with Crippen LogP contribution in [0, 0.1) is 0 Å². The zero-order chi connectivity index (χ0) is 28.8. The highest BCUT2D eigenvalue weighted by atomic mass is 32.1. The number of benzene rings is 7. The van der Waals surface area contributed by atoms with Crippen molar-refractivity contribution in [3.05, 3.63) is 140 Å². The molecule has 0 spiro atoms. The van der Waals surface area contributed by atoms with Crippen LogP contribution in [0.1, 0.15) is 0 Å². The van der Waals surface area contributed by atoms with E-state index in [4.69, 9.17) is 0 Å². The monoisotopic (exact) mass is 613 g/mol. The maximum absolute atomic E-state index is 2.53. The quantitative estimate of drug-likeness (QED) is 0.192. The third kappa shape index (κ3) is 3.56. The van der Waals surface area contributed by atoms with E-state index in [-0.39, 0.29) is 0 Å². The SMILES string of the molecule is c1ccc2c(N(c3ccc4c(c3)sc3ccccc34)c3ccc4c(c3)sc3ccccc34)c3c(cc2c1)sc1ccccc13. The van der Waals surface area contributed by atoms with Crippen LogP contribution in [0.5, 0.6) is 0 Å². The lowest BCUT2D eigenvalue weighted by atomic mass is 10.0. The Hall–Kier alpha value is -4.74. The lowest BCUT2D eigenvalue weighted by Gasteiger charge is -2.28. The molecule has 0 unspecified atom stereocenters. The predicted molar refractivity (Wildman–Crippen MR) is 197 cm³/mol. The molecular weight excluding hydrogens is 591 g/mol. The average molecular weight is 614 g/mol. The minimum atomic E-state index is 1.18. The maximum Gasteiger partial charge on any atom is 0.0633 e. The van der Waals surface area contributed by atoms with Crippen molar-refractivity contribution in [2.75, 3.05) is 4.90 Å². The zero-order valence-electron chi connectivity index (χ0n) is 23.5. The summed E-state index contributed by atoms with van der Waals surface area (Å²) in [6.45, 7) is 0. The minimum Gasteiger partial charge on any atom is -0.309 e. The molecule has 0 saturated carbocycles. The molecule has 0 bridgehead atoms. The molecule has 10 aromatic rings. The van der Waals surface area contributed by atoms with Crippen molar-refractivity contribution < 1.29 is 0 Å². The van der Waals surface area contributed by atoms with Gasteiger partial charge in [0.2, 0.25) is 0 Å². The number of hydrogen-bond acceptors (Lipinski definition) is 4. The van der Waals surface area contributed by atoms with Gasteiger partial charge in [0.25, 0.3) is 0 Å². The summed E-state index contributed by atoms with van der Waals surface area (Å²) in [6.07, 6.45) is 0. The summed E-state index contributed by atoms with van der Waals surface area (Å²) >= 11 is 5.64. The standard InChI is InChI=1S/C40H23NS3/c1-2-10-27-24(9-1)21-38-39(32-13-5-8-16-35(32)44-38)40(27)41(25-17-19-30-28-11-3-6-14-33(28)42-36(30)22-25)26-18-20-31-29-12-4-7-15-34(29)43-37(31)23-26/h1-23H. The topological polar surface area (TPSA) is 3.24 Å². The van der Waals surface area contributed by atoms with Gasteiger partial charge in [-0.3, -0.25) is 0 Å². The van der Waals surface area contributed by atoms with Gasteiger partial charge in [0.15, 0.2) is 0 Å². The van der Waals surface area contributed by atoms with Crippen LogP contribution < -0.4 is 4.90 Å². The zero-order valence-corrected chi connectivity index (χ0v) is 25.9. The van der Waals surface area contributed by atoms with Crippen molar-refractivity contribution in [3.63, 3.8) is 0 Å². The van der Waals surface area contributed by atoms with Gasteiger partial charge in [0.05, 0.1) is 5.69 Å². The van der Waals surface area contributed by atoms with E-state index in [2.05, 4.69) is 144 Å². The molecule has 0 aliphatic carbocycles. The Balaban J connectivity index is 1.34. The Morgan fingerprint density at radius 2 is 0.795 bits per heavy atom. The highest BCUT2D eigenvalue weighted by molar-refractivity contribution is 7.26. The largest absolute Gasteiger partial charge is 0.309 e. The first-order valence-corrected chi connectivity index (χ1v) is 17.2. The van der Waals surface area contributed by atoms with Gasteiger partial charge >= 0.3 is 0 Å². The van der Waals surface area contributed by atoms with E-state index in [0.29, 0.717) is 0 Å². The Bertz CT molecular complexity index is 2630. The molecule has 1 nitrogen and oxygen atoms in total. The van der Waals surface area contributed by atoms with Crippen molar-refractivity contribution in [1.82, 2.24) is 0 Å². The highest BCUT2D eigenvalue weighted by Gasteiger charge is 2.23. The summed E-state index contributed by atoms with van der Waals surface area (Å²) in [4.78, 5) is 2.53. The molecule has 7 aromatic carbocycles. The number of rotatable bonds is 3.